The Morgan fingerprint density at radius 3 is 2.81 bits per heavy atom. The predicted molar refractivity (Wildman–Crippen MR) is 97.6 cm³/mol. The fourth-order valence-electron chi connectivity index (χ4n) is 5.03. The molecule has 3 heterocycles. The molecule has 27 heavy (non-hydrogen) atoms. The number of hydrogen-bond donors (Lipinski definition) is 1. The largest absolute Gasteiger partial charge is 0.351 e. The summed E-state index contributed by atoms with van der Waals surface area (Å²) in [7, 11) is 0. The highest BCUT2D eigenvalue weighted by atomic mass is 19.3. The number of fused-ring (bicyclic) bond motifs is 1. The molecule has 4 rings (SSSR count). The van der Waals surface area contributed by atoms with Gasteiger partial charge >= 0.3 is 0 Å². The number of carbonyl (C=O) groups excluding carboxylic acids is 1. The highest BCUT2D eigenvalue weighted by molar-refractivity contribution is 5.76. The Balaban J connectivity index is 1.38. The molecular formula is C19H29F2N5O. The minimum atomic E-state index is -2.47. The van der Waals surface area contributed by atoms with Gasteiger partial charge in [0.25, 0.3) is 6.43 Å². The summed E-state index contributed by atoms with van der Waals surface area (Å²) in [6.07, 6.45) is 7.81. The summed E-state index contributed by atoms with van der Waals surface area (Å²) in [5.74, 6) is 1.38. The van der Waals surface area contributed by atoms with Crippen LogP contribution in [0.3, 0.4) is 0 Å². The van der Waals surface area contributed by atoms with Gasteiger partial charge in [0.1, 0.15) is 12.4 Å². The molecule has 1 aromatic heterocycles. The van der Waals surface area contributed by atoms with E-state index in [1.165, 1.54) is 43.1 Å². The number of rotatable bonds is 4. The molecule has 0 radical (unpaired) electrons. The summed E-state index contributed by atoms with van der Waals surface area (Å²) in [5.41, 5.74) is 0. The van der Waals surface area contributed by atoms with Crippen LogP contribution in [0.4, 0.5) is 14.7 Å². The minimum Gasteiger partial charge on any atom is -0.351 e. The van der Waals surface area contributed by atoms with Gasteiger partial charge in [0.2, 0.25) is 11.9 Å². The lowest BCUT2D eigenvalue weighted by molar-refractivity contribution is -0.134. The third-order valence-corrected chi connectivity index (χ3v) is 6.56. The molecule has 1 amide bonds. The van der Waals surface area contributed by atoms with Crippen molar-refractivity contribution in [3.05, 3.63) is 6.33 Å². The summed E-state index contributed by atoms with van der Waals surface area (Å²) in [6.45, 7) is 1.45. The van der Waals surface area contributed by atoms with E-state index in [0.29, 0.717) is 31.3 Å². The van der Waals surface area contributed by atoms with Gasteiger partial charge in [-0.3, -0.25) is 4.79 Å². The van der Waals surface area contributed by atoms with Crippen LogP contribution < -0.4 is 5.32 Å². The van der Waals surface area contributed by atoms with E-state index >= 15 is 0 Å². The first-order valence-electron chi connectivity index (χ1n) is 10.3. The normalized spacial score (nSPS) is 29.4. The van der Waals surface area contributed by atoms with E-state index in [2.05, 4.69) is 15.4 Å². The molecule has 3 atom stereocenters. The Morgan fingerprint density at radius 1 is 1.22 bits per heavy atom. The van der Waals surface area contributed by atoms with Crippen LogP contribution >= 0.6 is 0 Å². The standard InChI is InChI=1S/C19H29F2N5O/c20-18(21)16-10-15(24-19-22-12-23-26(16)19)14-7-4-8-25(11-14)17(27)9-13-5-2-1-3-6-13/h12-16,18H,1-11H2,(H,22,23,24)/t14-,15+,16-/m1/s1. The highest BCUT2D eigenvalue weighted by Gasteiger charge is 2.39. The maximum atomic E-state index is 13.5. The molecule has 2 aliphatic heterocycles. The first kappa shape index (κ1) is 18.6. The Bertz CT molecular complexity index is 646. The Morgan fingerprint density at radius 2 is 2.04 bits per heavy atom. The summed E-state index contributed by atoms with van der Waals surface area (Å²) < 4.78 is 28.3. The number of amides is 1. The van der Waals surface area contributed by atoms with E-state index in [9.17, 15) is 13.6 Å². The first-order chi connectivity index (χ1) is 13.1. The van der Waals surface area contributed by atoms with Crippen LogP contribution in [0.15, 0.2) is 6.33 Å². The number of nitrogens with zero attached hydrogens (tertiary/aromatic N) is 4. The molecule has 1 aliphatic carbocycles. The molecule has 2 fully saturated rings. The summed E-state index contributed by atoms with van der Waals surface area (Å²) in [4.78, 5) is 18.8. The number of anilines is 1. The Kier molecular flexibility index (Phi) is 5.59. The maximum absolute atomic E-state index is 13.5. The van der Waals surface area contributed by atoms with Crippen molar-refractivity contribution in [2.75, 3.05) is 18.4 Å². The number of carbonyl (C=O) groups is 1. The zero-order valence-electron chi connectivity index (χ0n) is 15.7. The molecule has 150 valence electrons. The van der Waals surface area contributed by atoms with Crippen molar-refractivity contribution in [2.45, 2.75) is 76.3 Å². The second-order valence-electron chi connectivity index (χ2n) is 8.37. The van der Waals surface area contributed by atoms with Crippen molar-refractivity contribution < 1.29 is 13.6 Å². The monoisotopic (exact) mass is 381 g/mol. The summed E-state index contributed by atoms with van der Waals surface area (Å²) in [6, 6.07) is -1.03. The van der Waals surface area contributed by atoms with Crippen LogP contribution in [-0.2, 0) is 4.79 Å². The number of alkyl halides is 2. The third kappa shape index (κ3) is 4.09. The average molecular weight is 381 g/mol. The number of likely N-dealkylation sites (tertiary alicyclic amines) is 1. The fraction of sp³-hybridized carbons (Fsp3) is 0.842. The van der Waals surface area contributed by atoms with Gasteiger partial charge in [-0.1, -0.05) is 19.3 Å². The third-order valence-electron chi connectivity index (χ3n) is 6.56. The lowest BCUT2D eigenvalue weighted by atomic mass is 9.84. The molecule has 6 nitrogen and oxygen atoms in total. The van der Waals surface area contributed by atoms with Gasteiger partial charge in [0.05, 0.1) is 0 Å². The molecular weight excluding hydrogens is 352 g/mol. The first-order valence-corrected chi connectivity index (χ1v) is 10.3. The minimum absolute atomic E-state index is 0.0917. The number of aromatic nitrogens is 3. The lowest BCUT2D eigenvalue weighted by Gasteiger charge is -2.41. The second kappa shape index (κ2) is 8.10. The fourth-order valence-corrected chi connectivity index (χ4v) is 5.03. The number of nitrogens with one attached hydrogen (secondary N) is 1. The molecule has 1 N–H and O–H groups in total. The van der Waals surface area contributed by atoms with Gasteiger partial charge < -0.3 is 10.2 Å². The van der Waals surface area contributed by atoms with E-state index in [-0.39, 0.29) is 17.9 Å². The predicted octanol–water partition coefficient (Wildman–Crippen LogP) is 3.48. The molecule has 1 saturated heterocycles. The van der Waals surface area contributed by atoms with E-state index in [0.717, 1.165) is 19.4 Å². The van der Waals surface area contributed by atoms with Crippen LogP contribution in [0.2, 0.25) is 0 Å². The van der Waals surface area contributed by atoms with E-state index < -0.39 is 12.5 Å². The number of halogens is 2. The van der Waals surface area contributed by atoms with E-state index in [4.69, 9.17) is 0 Å². The van der Waals surface area contributed by atoms with Crippen molar-refractivity contribution in [1.82, 2.24) is 19.7 Å². The van der Waals surface area contributed by atoms with Crippen molar-refractivity contribution >= 4 is 11.9 Å². The van der Waals surface area contributed by atoms with E-state index in [1.807, 2.05) is 4.90 Å². The van der Waals surface area contributed by atoms with Gasteiger partial charge in [-0.25, -0.2) is 13.5 Å². The molecule has 3 aliphatic rings. The zero-order chi connectivity index (χ0) is 18.8. The molecule has 0 unspecified atom stereocenters. The Hall–Kier alpha value is -1.73. The quantitative estimate of drug-likeness (QED) is 0.867. The van der Waals surface area contributed by atoms with Gasteiger partial charge in [0.15, 0.2) is 0 Å². The van der Waals surface area contributed by atoms with Gasteiger partial charge in [-0.15, -0.1) is 0 Å². The van der Waals surface area contributed by atoms with Gasteiger partial charge in [-0.2, -0.15) is 10.1 Å². The summed E-state index contributed by atoms with van der Waals surface area (Å²) >= 11 is 0. The molecule has 0 aromatic carbocycles. The van der Waals surface area contributed by atoms with Crippen LogP contribution in [0.5, 0.6) is 0 Å². The maximum Gasteiger partial charge on any atom is 0.260 e. The smallest absolute Gasteiger partial charge is 0.260 e. The molecule has 1 saturated carbocycles. The molecule has 8 heteroatoms. The van der Waals surface area contributed by atoms with Crippen LogP contribution in [0.1, 0.15) is 63.8 Å². The van der Waals surface area contributed by atoms with E-state index in [1.54, 1.807) is 0 Å². The highest BCUT2D eigenvalue weighted by Crippen LogP contribution is 2.35. The number of piperidine rings is 1. The van der Waals surface area contributed by atoms with Gasteiger partial charge in [0, 0.05) is 25.6 Å². The van der Waals surface area contributed by atoms with Crippen LogP contribution in [0.25, 0.3) is 0 Å². The van der Waals surface area contributed by atoms with Crippen LogP contribution in [0, 0.1) is 11.8 Å². The van der Waals surface area contributed by atoms with Crippen molar-refractivity contribution in [2.24, 2.45) is 11.8 Å². The average Bonchev–Trinajstić information content (AvgIpc) is 3.16. The Labute approximate surface area is 158 Å². The number of hydrogen-bond acceptors (Lipinski definition) is 4. The topological polar surface area (TPSA) is 63.1 Å². The molecule has 1 aromatic rings. The molecule has 0 spiro atoms. The van der Waals surface area contributed by atoms with Crippen LogP contribution in [-0.4, -0.2) is 51.1 Å². The van der Waals surface area contributed by atoms with Crippen molar-refractivity contribution in [3.63, 3.8) is 0 Å². The van der Waals surface area contributed by atoms with Gasteiger partial charge in [-0.05, 0) is 43.9 Å². The van der Waals surface area contributed by atoms with Crippen molar-refractivity contribution in [1.29, 1.82) is 0 Å². The second-order valence-corrected chi connectivity index (χ2v) is 8.37. The molecule has 0 bridgehead atoms. The summed E-state index contributed by atoms with van der Waals surface area (Å²) in [5, 5.41) is 7.24. The van der Waals surface area contributed by atoms with Crippen molar-refractivity contribution in [3.8, 4) is 0 Å². The zero-order valence-corrected chi connectivity index (χ0v) is 15.7. The lowest BCUT2D eigenvalue weighted by Crippen LogP contribution is -2.48. The SMILES string of the molecule is O=C(CC1CCCCC1)N1CCC[C@@H]([C@@H]2C[C@H](C(F)F)n3ncnc3N2)C1.